The zero-order valence-corrected chi connectivity index (χ0v) is 27.4. The summed E-state index contributed by atoms with van der Waals surface area (Å²) in [6.45, 7) is 6.34. The third-order valence-electron chi connectivity index (χ3n) is 6.34. The molecule has 0 aliphatic rings. The number of ether oxygens (including phenoxy) is 3. The topological polar surface area (TPSA) is 164 Å². The van der Waals surface area contributed by atoms with Crippen LogP contribution in [0.25, 0.3) is 11.0 Å². The molecule has 0 saturated heterocycles. The quantitative estimate of drug-likeness (QED) is 0.201. The fourth-order valence-electron chi connectivity index (χ4n) is 4.62. The van der Waals surface area contributed by atoms with Gasteiger partial charge in [0.15, 0.2) is 12.4 Å². The van der Waals surface area contributed by atoms with E-state index in [1.807, 2.05) is 13.8 Å². The van der Waals surface area contributed by atoms with Gasteiger partial charge < -0.3 is 23.9 Å². The standard InChI is InChI=1S/C27H29N3O8S2.Na/c1-14-9-18(38-12-22(31)32)10-15(2)25(14)40(34,35)26-21(36-5)8-7-19-23(26)30-27(29-19)39(33)13-20-17(4)24(37-6)16(3)11-28-20;/h7-11H,12-13H2,1-6H3,(H,29,30)(H,31,32);. The van der Waals surface area contributed by atoms with E-state index < -0.39 is 33.6 Å². The normalized spacial score (nSPS) is 12.1. The van der Waals surface area contributed by atoms with E-state index in [0.717, 1.165) is 11.1 Å². The van der Waals surface area contributed by atoms with Crippen molar-refractivity contribution in [3.63, 3.8) is 0 Å². The van der Waals surface area contributed by atoms with Gasteiger partial charge in [-0.15, -0.1) is 0 Å². The Balaban J connectivity index is 0.00000462. The molecular weight excluding hydrogens is 581 g/mol. The first-order valence-electron chi connectivity index (χ1n) is 12.0. The number of nitrogens with one attached hydrogen (secondary N) is 1. The number of imidazole rings is 1. The third-order valence-corrected chi connectivity index (χ3v) is 9.62. The van der Waals surface area contributed by atoms with E-state index in [1.165, 1.54) is 25.3 Å². The largest absolute Gasteiger partial charge is 0.609 e. The zero-order valence-electron chi connectivity index (χ0n) is 23.8. The number of nitrogens with zero attached hydrogens (tertiary/aromatic N) is 2. The maximum absolute atomic E-state index is 14.1. The third kappa shape index (κ3) is 6.50. The Kier molecular flexibility index (Phi) is 10.4. The van der Waals surface area contributed by atoms with Gasteiger partial charge in [0.2, 0.25) is 9.84 Å². The molecule has 213 valence electrons. The molecule has 0 bridgehead atoms. The van der Waals surface area contributed by atoms with Gasteiger partial charge >= 0.3 is 11.1 Å². The maximum Gasteiger partial charge on any atom is 0.341 e. The summed E-state index contributed by atoms with van der Waals surface area (Å²) in [5, 5.41) is 8.99. The summed E-state index contributed by atoms with van der Waals surface area (Å²) in [6, 6.07) is 6.02. The number of carbonyl (C=O) groups is 1. The number of carboxylic acid groups (broad SMARTS) is 1. The molecule has 0 aliphatic carbocycles. The number of fused-ring (bicyclic) bond motifs is 1. The van der Waals surface area contributed by atoms with E-state index in [9.17, 15) is 17.8 Å². The average Bonchev–Trinajstić information content (AvgIpc) is 3.32. The molecule has 0 saturated carbocycles. The second-order valence-corrected chi connectivity index (χ2v) is 12.3. The van der Waals surface area contributed by atoms with Crippen molar-refractivity contribution in [3.8, 4) is 17.2 Å². The van der Waals surface area contributed by atoms with Gasteiger partial charge in [0.25, 0.3) is 0 Å². The molecule has 0 spiro atoms. The predicted octanol–water partition coefficient (Wildman–Crippen LogP) is 3.43. The molecule has 2 heterocycles. The number of hydrogen-bond donors (Lipinski definition) is 2. The summed E-state index contributed by atoms with van der Waals surface area (Å²) in [6.07, 6.45) is 1.65. The number of methoxy groups -OCH3 is 2. The van der Waals surface area contributed by atoms with Crippen LogP contribution < -0.4 is 14.2 Å². The number of aromatic nitrogens is 3. The van der Waals surface area contributed by atoms with Crippen LogP contribution in [0, 0.1) is 27.7 Å². The number of aliphatic carboxylic acids is 1. The van der Waals surface area contributed by atoms with Crippen LogP contribution >= 0.6 is 0 Å². The number of carboxylic acids is 1. The van der Waals surface area contributed by atoms with Crippen LogP contribution in [0.1, 0.15) is 27.9 Å². The monoisotopic (exact) mass is 610 g/mol. The zero-order chi connectivity index (χ0) is 29.4. The van der Waals surface area contributed by atoms with E-state index in [-0.39, 0.29) is 67.3 Å². The van der Waals surface area contributed by atoms with E-state index in [1.54, 1.807) is 33.2 Å². The van der Waals surface area contributed by atoms with Gasteiger partial charge in [-0.25, -0.2) is 13.2 Å². The molecular formula is C27H29N3NaO8S2. The van der Waals surface area contributed by atoms with Crippen LogP contribution in [0.2, 0.25) is 0 Å². The van der Waals surface area contributed by atoms with Crippen LogP contribution in [0.4, 0.5) is 0 Å². The van der Waals surface area contributed by atoms with Crippen molar-refractivity contribution in [1.29, 1.82) is 0 Å². The Morgan fingerprint density at radius 3 is 2.29 bits per heavy atom. The van der Waals surface area contributed by atoms with Crippen molar-refractivity contribution in [2.24, 2.45) is 0 Å². The first kappa shape index (κ1) is 32.7. The molecule has 2 N–H and O–H groups in total. The van der Waals surface area contributed by atoms with Crippen molar-refractivity contribution in [2.45, 2.75) is 48.4 Å². The first-order chi connectivity index (χ1) is 18.9. The average molecular weight is 611 g/mol. The number of pyridine rings is 1. The van der Waals surface area contributed by atoms with Gasteiger partial charge in [0.05, 0.1) is 35.8 Å². The van der Waals surface area contributed by atoms with Crippen LogP contribution in [-0.2, 0) is 31.6 Å². The molecule has 0 aliphatic heterocycles. The molecule has 41 heavy (non-hydrogen) atoms. The van der Waals surface area contributed by atoms with Crippen molar-refractivity contribution in [1.82, 2.24) is 15.0 Å². The van der Waals surface area contributed by atoms with Crippen molar-refractivity contribution >= 4 is 67.6 Å². The molecule has 0 fully saturated rings. The molecule has 1 unspecified atom stereocenters. The van der Waals surface area contributed by atoms with E-state index in [2.05, 4.69) is 15.0 Å². The number of benzene rings is 2. The first-order valence-corrected chi connectivity index (χ1v) is 14.8. The van der Waals surface area contributed by atoms with Crippen LogP contribution in [0.15, 0.2) is 45.4 Å². The molecule has 2 aromatic carbocycles. The SMILES string of the molecule is COc1ccc2nc([S+]([O-])Cc3ncc(C)c(OC)c3C)[nH]c2c1S(=O)(=O)c1c(C)cc(OCC(=O)O)cc1C.[Na]. The maximum atomic E-state index is 14.1. The van der Waals surface area contributed by atoms with Crippen LogP contribution in [-0.4, -0.2) is 89.4 Å². The smallest absolute Gasteiger partial charge is 0.341 e. The molecule has 4 aromatic rings. The van der Waals surface area contributed by atoms with Crippen LogP contribution in [0.3, 0.4) is 0 Å². The second-order valence-electron chi connectivity index (χ2n) is 9.14. The summed E-state index contributed by atoms with van der Waals surface area (Å²) >= 11 is -1.69. The summed E-state index contributed by atoms with van der Waals surface area (Å²) in [5.41, 5.74) is 3.36. The Morgan fingerprint density at radius 2 is 1.71 bits per heavy atom. The number of aromatic amines is 1. The van der Waals surface area contributed by atoms with Crippen molar-refractivity contribution < 1.29 is 37.1 Å². The van der Waals surface area contributed by atoms with Gasteiger partial charge in [0.1, 0.15) is 22.1 Å². The van der Waals surface area contributed by atoms with Crippen LogP contribution in [0.5, 0.6) is 17.2 Å². The van der Waals surface area contributed by atoms with Gasteiger partial charge in [-0.2, -0.15) is 4.98 Å². The van der Waals surface area contributed by atoms with Crippen molar-refractivity contribution in [3.05, 3.63) is 58.4 Å². The summed E-state index contributed by atoms with van der Waals surface area (Å²) < 4.78 is 57.7. The Morgan fingerprint density at radius 1 is 1.05 bits per heavy atom. The Bertz CT molecular complexity index is 1700. The molecule has 4 rings (SSSR count). The predicted molar refractivity (Wildman–Crippen MR) is 153 cm³/mol. The fourth-order valence-corrected chi connectivity index (χ4v) is 7.72. The summed E-state index contributed by atoms with van der Waals surface area (Å²) in [7, 11) is -1.29. The molecule has 11 nitrogen and oxygen atoms in total. The molecule has 1 radical (unpaired) electrons. The number of rotatable bonds is 10. The van der Waals surface area contributed by atoms with E-state index in [4.69, 9.17) is 19.3 Å². The summed E-state index contributed by atoms with van der Waals surface area (Å²) in [4.78, 5) is 22.5. The van der Waals surface area contributed by atoms with E-state index >= 15 is 0 Å². The Hall–Kier alpha value is -2.81. The number of sulfone groups is 1. The van der Waals surface area contributed by atoms with Gasteiger partial charge in [-0.05, 0) is 63.1 Å². The Labute approximate surface area is 263 Å². The fraction of sp³-hybridized carbons (Fsp3) is 0.296. The van der Waals surface area contributed by atoms with Gasteiger partial charge in [0, 0.05) is 58.1 Å². The van der Waals surface area contributed by atoms with Gasteiger partial charge in [-0.1, -0.05) is 0 Å². The molecule has 14 heteroatoms. The minimum Gasteiger partial charge on any atom is -0.609 e. The van der Waals surface area contributed by atoms with Crippen molar-refractivity contribution in [2.75, 3.05) is 20.8 Å². The van der Waals surface area contributed by atoms with E-state index in [0.29, 0.717) is 28.1 Å². The minimum atomic E-state index is -4.21. The summed E-state index contributed by atoms with van der Waals surface area (Å²) in [5.74, 6) is -0.132. The minimum absolute atomic E-state index is 0. The number of aryl methyl sites for hydroxylation is 3. The molecule has 2 aromatic heterocycles. The second kappa shape index (κ2) is 13.0. The number of H-pyrrole nitrogens is 1. The molecule has 0 amide bonds. The van der Waals surface area contributed by atoms with Gasteiger partial charge in [-0.3, -0.25) is 9.97 Å². The number of hydrogen-bond acceptors (Lipinski definition) is 9. The molecule has 1 atom stereocenters.